The van der Waals surface area contributed by atoms with Crippen molar-refractivity contribution in [3.05, 3.63) is 71.8 Å². The first kappa shape index (κ1) is 15.0. The molecule has 1 aromatic carbocycles. The molecule has 4 nitrogen and oxygen atoms in total. The Balaban J connectivity index is 1.87. The molecule has 0 N–H and O–H groups in total. The summed E-state index contributed by atoms with van der Waals surface area (Å²) in [5.41, 5.74) is 1.19. The van der Waals surface area contributed by atoms with Crippen molar-refractivity contribution in [2.45, 2.75) is 18.6 Å². The molecule has 0 aliphatic heterocycles. The third-order valence-corrected chi connectivity index (χ3v) is 4.20. The van der Waals surface area contributed by atoms with Gasteiger partial charge in [0.05, 0.1) is 12.1 Å². The Kier molecular flexibility index (Phi) is 4.71. The molecule has 5 heteroatoms. The molecule has 1 aliphatic carbocycles. The summed E-state index contributed by atoms with van der Waals surface area (Å²) < 4.78 is 7.68. The van der Waals surface area contributed by atoms with E-state index in [0.29, 0.717) is 0 Å². The lowest BCUT2D eigenvalue weighted by molar-refractivity contribution is 0.0337. The standard InChI is InChI=1S/C17H18ClN3O/c1-22-17(14-4-2-3-5-14)16(21-12-19-11-20-21)10-13-6-8-15(18)9-7-13/h2-9,11-12,14,16-17H,10H2,1H3. The molecule has 2 atom stereocenters. The van der Waals surface area contributed by atoms with E-state index in [9.17, 15) is 0 Å². The van der Waals surface area contributed by atoms with Crippen LogP contribution < -0.4 is 0 Å². The van der Waals surface area contributed by atoms with Gasteiger partial charge >= 0.3 is 0 Å². The summed E-state index contributed by atoms with van der Waals surface area (Å²) in [7, 11) is 1.75. The molecule has 0 bridgehead atoms. The monoisotopic (exact) mass is 315 g/mol. The first-order valence-corrected chi connectivity index (χ1v) is 7.62. The lowest BCUT2D eigenvalue weighted by Gasteiger charge is -2.29. The van der Waals surface area contributed by atoms with Gasteiger partial charge in [0.25, 0.3) is 0 Å². The maximum Gasteiger partial charge on any atom is 0.137 e. The molecule has 1 aromatic heterocycles. The number of rotatable bonds is 6. The second-order valence-electron chi connectivity index (χ2n) is 5.32. The number of hydrogen-bond acceptors (Lipinski definition) is 3. The second kappa shape index (κ2) is 6.90. The Labute approximate surface area is 135 Å². The molecule has 2 aromatic rings. The lowest BCUT2D eigenvalue weighted by Crippen LogP contribution is -2.33. The molecule has 0 saturated heterocycles. The Morgan fingerprint density at radius 1 is 1.23 bits per heavy atom. The number of allylic oxidation sites excluding steroid dienone is 2. The summed E-state index contributed by atoms with van der Waals surface area (Å²) >= 11 is 5.97. The molecule has 3 rings (SSSR count). The topological polar surface area (TPSA) is 39.9 Å². The molecule has 0 saturated carbocycles. The molecule has 0 radical (unpaired) electrons. The number of aromatic nitrogens is 3. The van der Waals surface area contributed by atoms with E-state index in [1.54, 1.807) is 19.8 Å². The maximum absolute atomic E-state index is 5.97. The van der Waals surface area contributed by atoms with E-state index >= 15 is 0 Å². The van der Waals surface area contributed by atoms with Gasteiger partial charge in [-0.3, -0.25) is 0 Å². The van der Waals surface area contributed by atoms with Crippen molar-refractivity contribution in [3.8, 4) is 0 Å². The van der Waals surface area contributed by atoms with Crippen LogP contribution in [0, 0.1) is 5.92 Å². The van der Waals surface area contributed by atoms with Gasteiger partial charge in [0.15, 0.2) is 0 Å². The fourth-order valence-corrected chi connectivity index (χ4v) is 2.98. The Bertz CT molecular complexity index is 637. The Morgan fingerprint density at radius 2 is 1.95 bits per heavy atom. The van der Waals surface area contributed by atoms with Crippen LogP contribution in [0.4, 0.5) is 0 Å². The van der Waals surface area contributed by atoms with Crippen LogP contribution >= 0.6 is 11.6 Å². The highest BCUT2D eigenvalue weighted by molar-refractivity contribution is 6.30. The number of hydrogen-bond donors (Lipinski definition) is 0. The fraction of sp³-hybridized carbons (Fsp3) is 0.294. The van der Waals surface area contributed by atoms with E-state index in [-0.39, 0.29) is 18.1 Å². The van der Waals surface area contributed by atoms with Gasteiger partial charge in [-0.15, -0.1) is 0 Å². The number of ether oxygens (including phenoxy) is 1. The van der Waals surface area contributed by atoms with E-state index < -0.39 is 0 Å². The molecular formula is C17H18ClN3O. The van der Waals surface area contributed by atoms with Crippen molar-refractivity contribution in [2.24, 2.45) is 5.92 Å². The van der Waals surface area contributed by atoms with Gasteiger partial charge in [-0.25, -0.2) is 9.67 Å². The number of halogens is 1. The van der Waals surface area contributed by atoms with Crippen molar-refractivity contribution in [1.82, 2.24) is 14.8 Å². The van der Waals surface area contributed by atoms with Gasteiger partial charge in [-0.05, 0) is 24.1 Å². The molecule has 1 heterocycles. The van der Waals surface area contributed by atoms with Gasteiger partial charge in [-0.2, -0.15) is 5.10 Å². The molecule has 22 heavy (non-hydrogen) atoms. The van der Waals surface area contributed by atoms with Crippen LogP contribution in [-0.2, 0) is 11.2 Å². The van der Waals surface area contributed by atoms with Crippen molar-refractivity contribution in [3.63, 3.8) is 0 Å². The van der Waals surface area contributed by atoms with Gasteiger partial charge in [0.2, 0.25) is 0 Å². The van der Waals surface area contributed by atoms with Gasteiger partial charge < -0.3 is 4.74 Å². The molecule has 0 amide bonds. The highest BCUT2D eigenvalue weighted by Crippen LogP contribution is 2.28. The molecule has 0 spiro atoms. The SMILES string of the molecule is COC(C1C=CC=C1)C(Cc1ccc(Cl)cc1)n1cncn1. The van der Waals surface area contributed by atoms with Crippen molar-refractivity contribution in [1.29, 1.82) is 0 Å². The summed E-state index contributed by atoms with van der Waals surface area (Å²) in [5, 5.41) is 5.06. The van der Waals surface area contributed by atoms with E-state index in [2.05, 4.69) is 34.4 Å². The van der Waals surface area contributed by atoms with Crippen molar-refractivity contribution < 1.29 is 4.74 Å². The van der Waals surface area contributed by atoms with Crippen LogP contribution in [-0.4, -0.2) is 28.0 Å². The van der Waals surface area contributed by atoms with E-state index in [0.717, 1.165) is 11.4 Å². The number of benzene rings is 1. The first-order chi connectivity index (χ1) is 10.8. The first-order valence-electron chi connectivity index (χ1n) is 7.24. The van der Waals surface area contributed by atoms with Gasteiger partial charge in [0.1, 0.15) is 12.7 Å². The summed E-state index contributed by atoms with van der Waals surface area (Å²) in [6.07, 6.45) is 12.5. The zero-order valence-electron chi connectivity index (χ0n) is 12.3. The van der Waals surface area contributed by atoms with Crippen LogP contribution in [0.5, 0.6) is 0 Å². The normalized spacial score (nSPS) is 17.0. The Morgan fingerprint density at radius 3 is 2.55 bits per heavy atom. The smallest absolute Gasteiger partial charge is 0.137 e. The Hall–Kier alpha value is -1.91. The minimum Gasteiger partial charge on any atom is -0.378 e. The number of nitrogens with zero attached hydrogens (tertiary/aromatic N) is 3. The van der Waals surface area contributed by atoms with Crippen LogP contribution in [0.15, 0.2) is 61.2 Å². The maximum atomic E-state index is 5.97. The fourth-order valence-electron chi connectivity index (χ4n) is 2.85. The quantitative estimate of drug-likeness (QED) is 0.819. The molecule has 0 fully saturated rings. The van der Waals surface area contributed by atoms with Gasteiger partial charge in [0, 0.05) is 18.1 Å². The van der Waals surface area contributed by atoms with Crippen molar-refractivity contribution in [2.75, 3.05) is 7.11 Å². The summed E-state index contributed by atoms with van der Waals surface area (Å²) in [4.78, 5) is 4.08. The molecule has 1 aliphatic rings. The minimum absolute atomic E-state index is 0.00706. The molecule has 114 valence electrons. The highest BCUT2D eigenvalue weighted by Gasteiger charge is 2.30. The average molecular weight is 316 g/mol. The zero-order valence-corrected chi connectivity index (χ0v) is 13.1. The summed E-state index contributed by atoms with van der Waals surface area (Å²) in [6, 6.07) is 7.96. The molecule has 2 unspecified atom stereocenters. The highest BCUT2D eigenvalue weighted by atomic mass is 35.5. The third kappa shape index (κ3) is 3.29. The van der Waals surface area contributed by atoms with Crippen LogP contribution in [0.2, 0.25) is 5.02 Å². The summed E-state index contributed by atoms with van der Waals surface area (Å²) in [6.45, 7) is 0. The second-order valence-corrected chi connectivity index (χ2v) is 5.76. The van der Waals surface area contributed by atoms with E-state index in [1.165, 1.54) is 5.56 Å². The third-order valence-electron chi connectivity index (χ3n) is 3.94. The molecular weight excluding hydrogens is 298 g/mol. The summed E-state index contributed by atoms with van der Waals surface area (Å²) in [5.74, 6) is 0.242. The average Bonchev–Trinajstić information content (AvgIpc) is 3.22. The minimum atomic E-state index is -0.00706. The number of methoxy groups -OCH3 is 1. The van der Waals surface area contributed by atoms with Crippen LogP contribution in [0.3, 0.4) is 0 Å². The van der Waals surface area contributed by atoms with Crippen molar-refractivity contribution >= 4 is 11.6 Å². The van der Waals surface area contributed by atoms with Crippen LogP contribution in [0.1, 0.15) is 11.6 Å². The van der Waals surface area contributed by atoms with Gasteiger partial charge in [-0.1, -0.05) is 48.0 Å². The predicted octanol–water partition coefficient (Wildman–Crippen LogP) is 3.47. The predicted molar refractivity (Wildman–Crippen MR) is 86.8 cm³/mol. The van der Waals surface area contributed by atoms with Crippen LogP contribution in [0.25, 0.3) is 0 Å². The largest absolute Gasteiger partial charge is 0.378 e. The lowest BCUT2D eigenvalue weighted by atomic mass is 9.92. The van der Waals surface area contributed by atoms with E-state index in [4.69, 9.17) is 16.3 Å². The van der Waals surface area contributed by atoms with E-state index in [1.807, 2.05) is 28.9 Å². The zero-order chi connectivity index (χ0) is 15.4.